The Bertz CT molecular complexity index is 774. The summed E-state index contributed by atoms with van der Waals surface area (Å²) >= 11 is 1.63. The van der Waals surface area contributed by atoms with Crippen molar-refractivity contribution in [2.45, 2.75) is 25.9 Å². The topological polar surface area (TPSA) is 40.6 Å². The number of nitrogens with zero attached hydrogens (tertiary/aromatic N) is 2. The van der Waals surface area contributed by atoms with E-state index in [9.17, 15) is 9.59 Å². The fraction of sp³-hybridized carbons (Fsp3) is 0.333. The van der Waals surface area contributed by atoms with Gasteiger partial charge in [0.1, 0.15) is 6.04 Å². The lowest BCUT2D eigenvalue weighted by atomic mass is 10.0. The maximum Gasteiger partial charge on any atom is 0.255 e. The molecule has 26 heavy (non-hydrogen) atoms. The first kappa shape index (κ1) is 18.5. The Labute approximate surface area is 159 Å². The van der Waals surface area contributed by atoms with Crippen LogP contribution in [-0.2, 0) is 4.79 Å². The summed E-state index contributed by atoms with van der Waals surface area (Å²) in [6, 6.07) is 17.4. The number of rotatable bonds is 4. The standard InChI is InChI=1S/C21H24N2O2S/c1-15(2)22(3)21(25)19-13-26-14-23(19)20(24)18-11-9-17(10-12-18)16-7-5-4-6-8-16/h4-12,15,19H,13-14H2,1-3H3. The minimum atomic E-state index is -0.381. The quantitative estimate of drug-likeness (QED) is 0.825. The third-order valence-corrected chi connectivity index (χ3v) is 5.80. The minimum Gasteiger partial charge on any atom is -0.342 e. The third-order valence-electron chi connectivity index (χ3n) is 4.79. The van der Waals surface area contributed by atoms with Gasteiger partial charge in [0.05, 0.1) is 5.88 Å². The Morgan fingerprint density at radius 3 is 2.27 bits per heavy atom. The van der Waals surface area contributed by atoms with Crippen molar-refractivity contribution in [2.24, 2.45) is 0 Å². The van der Waals surface area contributed by atoms with Crippen LogP contribution in [0.4, 0.5) is 0 Å². The van der Waals surface area contributed by atoms with Crippen molar-refractivity contribution >= 4 is 23.6 Å². The predicted octanol–water partition coefficient (Wildman–Crippen LogP) is 3.74. The van der Waals surface area contributed by atoms with Crippen LogP contribution in [0.15, 0.2) is 54.6 Å². The summed E-state index contributed by atoms with van der Waals surface area (Å²) in [5.41, 5.74) is 2.82. The molecule has 0 spiro atoms. The van der Waals surface area contributed by atoms with Crippen molar-refractivity contribution in [2.75, 3.05) is 18.7 Å². The van der Waals surface area contributed by atoms with Gasteiger partial charge in [0.15, 0.2) is 0 Å². The van der Waals surface area contributed by atoms with Crippen LogP contribution in [0.1, 0.15) is 24.2 Å². The Hall–Kier alpha value is -2.27. The van der Waals surface area contributed by atoms with Crippen molar-refractivity contribution in [3.63, 3.8) is 0 Å². The summed E-state index contributed by atoms with van der Waals surface area (Å²) < 4.78 is 0. The second-order valence-electron chi connectivity index (χ2n) is 6.78. The van der Waals surface area contributed by atoms with Crippen LogP contribution in [0, 0.1) is 0 Å². The van der Waals surface area contributed by atoms with Gasteiger partial charge < -0.3 is 9.80 Å². The molecule has 1 unspecified atom stereocenters. The molecular weight excluding hydrogens is 344 g/mol. The van der Waals surface area contributed by atoms with Crippen LogP contribution < -0.4 is 0 Å². The molecule has 0 N–H and O–H groups in total. The number of hydrogen-bond donors (Lipinski definition) is 0. The van der Waals surface area contributed by atoms with Crippen molar-refractivity contribution in [3.8, 4) is 11.1 Å². The largest absolute Gasteiger partial charge is 0.342 e. The molecule has 1 heterocycles. The van der Waals surface area contributed by atoms with Gasteiger partial charge in [-0.25, -0.2) is 0 Å². The summed E-state index contributed by atoms with van der Waals surface area (Å²) in [7, 11) is 1.80. The number of amides is 2. The first-order chi connectivity index (χ1) is 12.5. The molecule has 0 radical (unpaired) electrons. The van der Waals surface area contributed by atoms with Gasteiger partial charge in [-0.2, -0.15) is 0 Å². The Morgan fingerprint density at radius 2 is 1.65 bits per heavy atom. The fourth-order valence-electron chi connectivity index (χ4n) is 2.94. The zero-order valence-electron chi connectivity index (χ0n) is 15.4. The van der Waals surface area contributed by atoms with Gasteiger partial charge in [-0.15, -0.1) is 11.8 Å². The first-order valence-electron chi connectivity index (χ1n) is 8.80. The highest BCUT2D eigenvalue weighted by molar-refractivity contribution is 7.99. The van der Waals surface area contributed by atoms with Gasteiger partial charge in [-0.3, -0.25) is 9.59 Å². The summed E-state index contributed by atoms with van der Waals surface area (Å²) in [6.07, 6.45) is 0. The fourth-order valence-corrected chi connectivity index (χ4v) is 4.08. The van der Waals surface area contributed by atoms with E-state index >= 15 is 0 Å². The predicted molar refractivity (Wildman–Crippen MR) is 107 cm³/mol. The molecule has 2 amide bonds. The molecule has 0 aliphatic carbocycles. The lowest BCUT2D eigenvalue weighted by Crippen LogP contribution is -2.49. The average molecular weight is 369 g/mol. The van der Waals surface area contributed by atoms with Gasteiger partial charge in [0, 0.05) is 24.4 Å². The monoisotopic (exact) mass is 368 g/mol. The van der Waals surface area contributed by atoms with E-state index in [1.807, 2.05) is 68.4 Å². The number of thioether (sulfide) groups is 1. The van der Waals surface area contributed by atoms with E-state index < -0.39 is 0 Å². The average Bonchev–Trinajstić information content (AvgIpc) is 3.16. The van der Waals surface area contributed by atoms with E-state index in [1.54, 1.807) is 28.6 Å². The highest BCUT2D eigenvalue weighted by Crippen LogP contribution is 2.26. The zero-order chi connectivity index (χ0) is 18.7. The molecule has 1 fully saturated rings. The summed E-state index contributed by atoms with van der Waals surface area (Å²) in [5.74, 6) is 1.15. The normalized spacial score (nSPS) is 16.8. The van der Waals surface area contributed by atoms with E-state index in [4.69, 9.17) is 0 Å². The SMILES string of the molecule is CC(C)N(C)C(=O)C1CSCN1C(=O)c1ccc(-c2ccccc2)cc1. The lowest BCUT2D eigenvalue weighted by molar-refractivity contribution is -0.135. The van der Waals surface area contributed by atoms with Crippen LogP contribution >= 0.6 is 11.8 Å². The molecule has 1 aliphatic rings. The van der Waals surface area contributed by atoms with Crippen LogP contribution in [0.25, 0.3) is 11.1 Å². The van der Waals surface area contributed by atoms with Gasteiger partial charge >= 0.3 is 0 Å². The molecule has 0 saturated carbocycles. The summed E-state index contributed by atoms with van der Waals surface area (Å²) in [4.78, 5) is 29.1. The molecule has 0 aromatic heterocycles. The highest BCUT2D eigenvalue weighted by atomic mass is 32.2. The van der Waals surface area contributed by atoms with Crippen LogP contribution in [0.5, 0.6) is 0 Å². The molecule has 5 heteroatoms. The maximum atomic E-state index is 12.9. The van der Waals surface area contributed by atoms with Gasteiger partial charge in [0.2, 0.25) is 5.91 Å². The number of carbonyl (C=O) groups excluding carboxylic acids is 2. The molecular formula is C21H24N2O2S. The van der Waals surface area contributed by atoms with Gasteiger partial charge in [0.25, 0.3) is 5.91 Å². The van der Waals surface area contributed by atoms with E-state index in [2.05, 4.69) is 0 Å². The Balaban J connectivity index is 1.77. The number of benzene rings is 2. The summed E-state index contributed by atoms with van der Waals surface area (Å²) in [5, 5.41) is 0. The maximum absolute atomic E-state index is 12.9. The van der Waals surface area contributed by atoms with Gasteiger partial charge in [-0.1, -0.05) is 42.5 Å². The molecule has 2 aromatic rings. The van der Waals surface area contributed by atoms with Crippen molar-refractivity contribution in [3.05, 3.63) is 60.2 Å². The molecule has 1 saturated heterocycles. The third kappa shape index (κ3) is 3.78. The van der Waals surface area contributed by atoms with Crippen LogP contribution in [-0.4, -0.2) is 52.4 Å². The van der Waals surface area contributed by atoms with Crippen molar-refractivity contribution in [1.29, 1.82) is 0 Å². The smallest absolute Gasteiger partial charge is 0.255 e. The molecule has 2 aromatic carbocycles. The second kappa shape index (κ2) is 7.96. The Kier molecular flexibility index (Phi) is 5.67. The number of likely N-dealkylation sites (N-methyl/N-ethyl adjacent to an activating group) is 1. The molecule has 0 bridgehead atoms. The van der Waals surface area contributed by atoms with E-state index in [-0.39, 0.29) is 23.9 Å². The lowest BCUT2D eigenvalue weighted by Gasteiger charge is -2.29. The first-order valence-corrected chi connectivity index (χ1v) is 9.95. The van der Waals surface area contributed by atoms with E-state index in [0.29, 0.717) is 17.2 Å². The van der Waals surface area contributed by atoms with Crippen molar-refractivity contribution in [1.82, 2.24) is 9.80 Å². The van der Waals surface area contributed by atoms with Crippen LogP contribution in [0.3, 0.4) is 0 Å². The molecule has 1 atom stereocenters. The minimum absolute atomic E-state index is 0.0132. The van der Waals surface area contributed by atoms with Crippen LogP contribution in [0.2, 0.25) is 0 Å². The molecule has 136 valence electrons. The number of hydrogen-bond acceptors (Lipinski definition) is 3. The Morgan fingerprint density at radius 1 is 1.04 bits per heavy atom. The summed E-state index contributed by atoms with van der Waals surface area (Å²) in [6.45, 7) is 3.96. The number of carbonyl (C=O) groups is 2. The van der Waals surface area contributed by atoms with Gasteiger partial charge in [-0.05, 0) is 37.1 Å². The molecule has 1 aliphatic heterocycles. The molecule has 4 nitrogen and oxygen atoms in total. The van der Waals surface area contributed by atoms with E-state index in [1.165, 1.54) is 0 Å². The molecule has 3 rings (SSSR count). The van der Waals surface area contributed by atoms with Crippen molar-refractivity contribution < 1.29 is 9.59 Å². The zero-order valence-corrected chi connectivity index (χ0v) is 16.2. The van der Waals surface area contributed by atoms with E-state index in [0.717, 1.165) is 11.1 Å². The second-order valence-corrected chi connectivity index (χ2v) is 7.78. The highest BCUT2D eigenvalue weighted by Gasteiger charge is 2.37.